The van der Waals surface area contributed by atoms with E-state index in [2.05, 4.69) is 24.7 Å². The van der Waals surface area contributed by atoms with Gasteiger partial charge in [0.25, 0.3) is 0 Å². The van der Waals surface area contributed by atoms with Crippen molar-refractivity contribution >= 4 is 0 Å². The molecule has 3 heterocycles. The highest BCUT2D eigenvalue weighted by molar-refractivity contribution is 5.54. The Hall–Kier alpha value is -2.63. The number of imidazole rings is 1. The van der Waals surface area contributed by atoms with E-state index in [9.17, 15) is 0 Å². The fourth-order valence-corrected chi connectivity index (χ4v) is 2.16. The average molecular weight is 283 g/mol. The van der Waals surface area contributed by atoms with Crippen molar-refractivity contribution in [2.24, 2.45) is 0 Å². The SMILES string of the molecule is CCOc1ccc(-c2nccn2CCc2cn[nH]c2)cn1. The maximum Gasteiger partial charge on any atom is 0.213 e. The normalized spacial score (nSPS) is 10.7. The standard InChI is InChI=1S/C15H17N5O/c1-2-21-14-4-3-13(11-17-14)15-16-6-8-20(15)7-5-12-9-18-19-10-12/h3-4,6,8-11H,2,5,7H2,1H3,(H,18,19). The molecule has 0 amide bonds. The van der Waals surface area contributed by atoms with Gasteiger partial charge in [-0.2, -0.15) is 5.10 Å². The molecule has 0 saturated heterocycles. The Balaban J connectivity index is 1.75. The lowest BCUT2D eigenvalue weighted by Crippen LogP contribution is -2.02. The van der Waals surface area contributed by atoms with Gasteiger partial charge in [0, 0.05) is 43.0 Å². The van der Waals surface area contributed by atoms with E-state index in [4.69, 9.17) is 4.74 Å². The van der Waals surface area contributed by atoms with Gasteiger partial charge in [-0.3, -0.25) is 5.10 Å². The first-order chi connectivity index (χ1) is 10.4. The number of hydrogen-bond acceptors (Lipinski definition) is 4. The summed E-state index contributed by atoms with van der Waals surface area (Å²) in [5.74, 6) is 1.55. The number of H-pyrrole nitrogens is 1. The minimum atomic E-state index is 0.617. The summed E-state index contributed by atoms with van der Waals surface area (Å²) in [5.41, 5.74) is 2.16. The highest BCUT2D eigenvalue weighted by Gasteiger charge is 2.07. The molecule has 0 aliphatic carbocycles. The smallest absolute Gasteiger partial charge is 0.213 e. The lowest BCUT2D eigenvalue weighted by atomic mass is 10.2. The van der Waals surface area contributed by atoms with E-state index in [-0.39, 0.29) is 0 Å². The van der Waals surface area contributed by atoms with Crippen LogP contribution in [0.4, 0.5) is 0 Å². The summed E-state index contributed by atoms with van der Waals surface area (Å²) in [6.45, 7) is 3.41. The molecule has 3 aromatic heterocycles. The van der Waals surface area contributed by atoms with Crippen LogP contribution < -0.4 is 4.74 Å². The van der Waals surface area contributed by atoms with Crippen molar-refractivity contribution in [3.05, 3.63) is 48.7 Å². The van der Waals surface area contributed by atoms with Gasteiger partial charge in [0.1, 0.15) is 5.82 Å². The Morgan fingerprint density at radius 3 is 2.90 bits per heavy atom. The Morgan fingerprint density at radius 2 is 2.19 bits per heavy atom. The van der Waals surface area contributed by atoms with Gasteiger partial charge in [-0.15, -0.1) is 0 Å². The van der Waals surface area contributed by atoms with Crippen LogP contribution in [0.15, 0.2) is 43.1 Å². The molecule has 0 unspecified atom stereocenters. The summed E-state index contributed by atoms with van der Waals surface area (Å²) in [6.07, 6.45) is 10.2. The number of aromatic amines is 1. The number of hydrogen-bond donors (Lipinski definition) is 1. The Morgan fingerprint density at radius 1 is 1.24 bits per heavy atom. The predicted molar refractivity (Wildman–Crippen MR) is 78.9 cm³/mol. The number of aromatic nitrogens is 5. The molecule has 6 heteroatoms. The van der Waals surface area contributed by atoms with Crippen LogP contribution in [0.2, 0.25) is 0 Å². The summed E-state index contributed by atoms with van der Waals surface area (Å²) in [6, 6.07) is 3.85. The van der Waals surface area contributed by atoms with Gasteiger partial charge in [-0.05, 0) is 25.0 Å². The van der Waals surface area contributed by atoms with Crippen LogP contribution in [0.25, 0.3) is 11.4 Å². The van der Waals surface area contributed by atoms with Gasteiger partial charge >= 0.3 is 0 Å². The maximum absolute atomic E-state index is 5.36. The molecule has 108 valence electrons. The molecule has 0 aliphatic rings. The Labute approximate surface area is 122 Å². The van der Waals surface area contributed by atoms with Crippen molar-refractivity contribution in [1.29, 1.82) is 0 Å². The molecule has 0 radical (unpaired) electrons. The van der Waals surface area contributed by atoms with E-state index in [0.717, 1.165) is 24.4 Å². The number of ether oxygens (including phenoxy) is 1. The molecule has 0 fully saturated rings. The maximum atomic E-state index is 5.36. The quantitative estimate of drug-likeness (QED) is 0.753. The highest BCUT2D eigenvalue weighted by atomic mass is 16.5. The monoisotopic (exact) mass is 283 g/mol. The lowest BCUT2D eigenvalue weighted by molar-refractivity contribution is 0.327. The van der Waals surface area contributed by atoms with Gasteiger partial charge in [0.05, 0.1) is 12.8 Å². The largest absolute Gasteiger partial charge is 0.478 e. The fourth-order valence-electron chi connectivity index (χ4n) is 2.16. The summed E-state index contributed by atoms with van der Waals surface area (Å²) < 4.78 is 7.47. The van der Waals surface area contributed by atoms with Crippen molar-refractivity contribution in [3.63, 3.8) is 0 Å². The van der Waals surface area contributed by atoms with Crippen LogP contribution >= 0.6 is 0 Å². The first-order valence-electron chi connectivity index (χ1n) is 6.95. The molecule has 3 aromatic rings. The molecule has 0 aliphatic heterocycles. The molecule has 3 rings (SSSR count). The van der Waals surface area contributed by atoms with Crippen molar-refractivity contribution < 1.29 is 4.74 Å². The van der Waals surface area contributed by atoms with Crippen LogP contribution in [0.3, 0.4) is 0 Å². The van der Waals surface area contributed by atoms with E-state index >= 15 is 0 Å². The van der Waals surface area contributed by atoms with Crippen LogP contribution in [0.1, 0.15) is 12.5 Å². The van der Waals surface area contributed by atoms with E-state index < -0.39 is 0 Å². The second kappa shape index (κ2) is 6.21. The van der Waals surface area contributed by atoms with E-state index in [1.54, 1.807) is 12.4 Å². The van der Waals surface area contributed by atoms with Crippen molar-refractivity contribution in [1.82, 2.24) is 24.7 Å². The fraction of sp³-hybridized carbons (Fsp3) is 0.267. The van der Waals surface area contributed by atoms with Crippen LogP contribution in [-0.4, -0.2) is 31.3 Å². The number of pyridine rings is 1. The lowest BCUT2D eigenvalue weighted by Gasteiger charge is -2.07. The second-order valence-electron chi connectivity index (χ2n) is 4.62. The topological polar surface area (TPSA) is 68.6 Å². The minimum Gasteiger partial charge on any atom is -0.478 e. The number of nitrogens with zero attached hydrogens (tertiary/aromatic N) is 4. The van der Waals surface area contributed by atoms with Crippen molar-refractivity contribution in [2.45, 2.75) is 19.9 Å². The zero-order valence-electron chi connectivity index (χ0n) is 11.9. The average Bonchev–Trinajstić information content (AvgIpc) is 3.18. The predicted octanol–water partition coefficient (Wildman–Crippen LogP) is 2.31. The Kier molecular flexibility index (Phi) is 3.95. The molecule has 0 saturated carbocycles. The van der Waals surface area contributed by atoms with Gasteiger partial charge in [-0.1, -0.05) is 0 Å². The van der Waals surface area contributed by atoms with E-state index in [1.807, 2.05) is 37.6 Å². The van der Waals surface area contributed by atoms with E-state index in [0.29, 0.717) is 12.5 Å². The molecular formula is C15H17N5O. The third-order valence-corrected chi connectivity index (χ3v) is 3.20. The molecule has 0 aromatic carbocycles. The Bertz CT molecular complexity index is 672. The van der Waals surface area contributed by atoms with Crippen molar-refractivity contribution in [3.8, 4) is 17.3 Å². The van der Waals surface area contributed by atoms with Crippen LogP contribution in [0.5, 0.6) is 5.88 Å². The zero-order valence-corrected chi connectivity index (χ0v) is 11.9. The van der Waals surface area contributed by atoms with Crippen molar-refractivity contribution in [2.75, 3.05) is 6.61 Å². The van der Waals surface area contributed by atoms with Gasteiger partial charge < -0.3 is 9.30 Å². The molecule has 0 bridgehead atoms. The summed E-state index contributed by atoms with van der Waals surface area (Å²) in [7, 11) is 0. The first kappa shape index (κ1) is 13.4. The molecular weight excluding hydrogens is 266 g/mol. The first-order valence-corrected chi connectivity index (χ1v) is 6.95. The third-order valence-electron chi connectivity index (χ3n) is 3.20. The van der Waals surface area contributed by atoms with Gasteiger partial charge in [0.15, 0.2) is 0 Å². The van der Waals surface area contributed by atoms with E-state index in [1.165, 1.54) is 5.56 Å². The third kappa shape index (κ3) is 3.10. The molecule has 6 nitrogen and oxygen atoms in total. The molecule has 1 N–H and O–H groups in total. The minimum absolute atomic E-state index is 0.617. The summed E-state index contributed by atoms with van der Waals surface area (Å²) >= 11 is 0. The molecule has 21 heavy (non-hydrogen) atoms. The second-order valence-corrected chi connectivity index (χ2v) is 4.62. The van der Waals surface area contributed by atoms with Gasteiger partial charge in [0.2, 0.25) is 5.88 Å². The molecule has 0 spiro atoms. The number of aryl methyl sites for hydroxylation is 2. The number of nitrogens with one attached hydrogen (secondary N) is 1. The summed E-state index contributed by atoms with van der Waals surface area (Å²) in [5, 5.41) is 6.78. The number of rotatable bonds is 6. The zero-order chi connectivity index (χ0) is 14.5. The van der Waals surface area contributed by atoms with Crippen LogP contribution in [-0.2, 0) is 13.0 Å². The van der Waals surface area contributed by atoms with Crippen LogP contribution in [0, 0.1) is 0 Å². The summed E-state index contributed by atoms with van der Waals surface area (Å²) in [4.78, 5) is 8.71. The highest BCUT2D eigenvalue weighted by Crippen LogP contribution is 2.19. The van der Waals surface area contributed by atoms with Gasteiger partial charge in [-0.25, -0.2) is 9.97 Å². The molecule has 0 atom stereocenters.